The number of ether oxygens (including phenoxy) is 2. The van der Waals surface area contributed by atoms with Crippen molar-refractivity contribution >= 4 is 74.6 Å². The van der Waals surface area contributed by atoms with E-state index in [-0.39, 0.29) is 34.4 Å². The number of hydrogen-bond acceptors (Lipinski definition) is 6. The SMILES string of the molecule is COC(=O)c1c(NC(=O)CCCOc2ccc(Cl)cc2Cl)sc(C(=O)Nc2ccc(Cl)cc2)c1C. The van der Waals surface area contributed by atoms with Gasteiger partial charge in [-0.05, 0) is 61.4 Å². The average Bonchev–Trinajstić information content (AvgIpc) is 3.14. The molecule has 1 heterocycles. The monoisotopic (exact) mass is 554 g/mol. The van der Waals surface area contributed by atoms with E-state index < -0.39 is 11.9 Å². The zero-order valence-corrected chi connectivity index (χ0v) is 21.8. The molecule has 0 aliphatic carbocycles. The lowest BCUT2D eigenvalue weighted by Gasteiger charge is -2.09. The van der Waals surface area contributed by atoms with E-state index in [9.17, 15) is 14.4 Å². The van der Waals surface area contributed by atoms with Gasteiger partial charge >= 0.3 is 5.97 Å². The quantitative estimate of drug-likeness (QED) is 0.222. The lowest BCUT2D eigenvalue weighted by molar-refractivity contribution is -0.116. The third-order valence-corrected chi connectivity index (χ3v) is 6.79. The van der Waals surface area contributed by atoms with Gasteiger partial charge in [-0.15, -0.1) is 11.3 Å². The van der Waals surface area contributed by atoms with Gasteiger partial charge in [-0.3, -0.25) is 9.59 Å². The number of anilines is 2. The van der Waals surface area contributed by atoms with E-state index in [2.05, 4.69) is 10.6 Å². The molecule has 0 aliphatic rings. The van der Waals surface area contributed by atoms with Gasteiger partial charge in [0.15, 0.2) is 0 Å². The highest BCUT2D eigenvalue weighted by Gasteiger charge is 2.26. The van der Waals surface area contributed by atoms with Gasteiger partial charge in [0.1, 0.15) is 10.8 Å². The Morgan fingerprint density at radius 1 is 0.971 bits per heavy atom. The zero-order chi connectivity index (χ0) is 25.5. The molecule has 0 saturated heterocycles. The summed E-state index contributed by atoms with van der Waals surface area (Å²) in [5.41, 5.74) is 1.08. The zero-order valence-electron chi connectivity index (χ0n) is 18.7. The van der Waals surface area contributed by atoms with E-state index in [1.807, 2.05) is 0 Å². The maximum atomic E-state index is 12.8. The largest absolute Gasteiger partial charge is 0.492 e. The maximum Gasteiger partial charge on any atom is 0.341 e. The van der Waals surface area contributed by atoms with E-state index in [1.54, 1.807) is 49.4 Å². The predicted octanol–water partition coefficient (Wildman–Crippen LogP) is 6.85. The van der Waals surface area contributed by atoms with Crippen molar-refractivity contribution < 1.29 is 23.9 Å². The van der Waals surface area contributed by atoms with Crippen molar-refractivity contribution in [1.29, 1.82) is 0 Å². The van der Waals surface area contributed by atoms with Crippen LogP contribution in [0.5, 0.6) is 5.75 Å². The molecule has 3 rings (SSSR count). The molecule has 2 amide bonds. The fourth-order valence-electron chi connectivity index (χ4n) is 3.08. The van der Waals surface area contributed by atoms with Crippen LogP contribution < -0.4 is 15.4 Å². The topological polar surface area (TPSA) is 93.7 Å². The number of methoxy groups -OCH3 is 1. The minimum absolute atomic E-state index is 0.120. The molecule has 0 fully saturated rings. The number of amides is 2. The van der Waals surface area contributed by atoms with Crippen LogP contribution in [0.15, 0.2) is 42.5 Å². The summed E-state index contributed by atoms with van der Waals surface area (Å²) in [6.07, 6.45) is 0.516. The molecule has 35 heavy (non-hydrogen) atoms. The van der Waals surface area contributed by atoms with Crippen LogP contribution in [-0.2, 0) is 9.53 Å². The second-order valence-electron chi connectivity index (χ2n) is 7.29. The molecule has 0 spiro atoms. The van der Waals surface area contributed by atoms with Crippen molar-refractivity contribution in [2.24, 2.45) is 0 Å². The number of benzene rings is 2. The molecule has 2 N–H and O–H groups in total. The first-order valence-corrected chi connectivity index (χ1v) is 12.3. The van der Waals surface area contributed by atoms with E-state index in [0.29, 0.717) is 38.5 Å². The number of carbonyl (C=O) groups excluding carboxylic acids is 3. The fraction of sp³-hybridized carbons (Fsp3) is 0.208. The standard InChI is InChI=1S/C24H21Cl3N2O5S/c1-13-20(24(32)33-2)23(35-21(13)22(31)28-16-8-5-14(25)6-9-16)29-19(30)4-3-11-34-18-10-7-15(26)12-17(18)27/h5-10,12H,3-4,11H2,1-2H3,(H,28,31)(H,29,30). The van der Waals surface area contributed by atoms with Gasteiger partial charge in [0.2, 0.25) is 5.91 Å². The normalized spacial score (nSPS) is 10.5. The Labute approximate surface area is 221 Å². The lowest BCUT2D eigenvalue weighted by Crippen LogP contribution is -2.15. The van der Waals surface area contributed by atoms with E-state index in [1.165, 1.54) is 7.11 Å². The van der Waals surface area contributed by atoms with E-state index >= 15 is 0 Å². The third kappa shape index (κ3) is 7.11. The van der Waals surface area contributed by atoms with Gasteiger partial charge in [-0.1, -0.05) is 34.8 Å². The molecule has 0 radical (unpaired) electrons. The Bertz CT molecular complexity index is 1240. The first kappa shape index (κ1) is 26.8. The van der Waals surface area contributed by atoms with Crippen molar-refractivity contribution in [2.45, 2.75) is 19.8 Å². The predicted molar refractivity (Wildman–Crippen MR) is 140 cm³/mol. The van der Waals surface area contributed by atoms with Crippen LogP contribution in [0.4, 0.5) is 10.7 Å². The molecular formula is C24H21Cl3N2O5S. The van der Waals surface area contributed by atoms with Gasteiger partial charge in [0, 0.05) is 22.2 Å². The highest BCUT2D eigenvalue weighted by Crippen LogP contribution is 2.34. The highest BCUT2D eigenvalue weighted by atomic mass is 35.5. The number of esters is 1. The minimum atomic E-state index is -0.652. The third-order valence-electron chi connectivity index (χ3n) is 4.80. The van der Waals surface area contributed by atoms with Gasteiger partial charge < -0.3 is 20.1 Å². The number of rotatable bonds is 9. The summed E-state index contributed by atoms with van der Waals surface area (Å²) in [6.45, 7) is 1.87. The first-order valence-electron chi connectivity index (χ1n) is 10.4. The van der Waals surface area contributed by atoms with Crippen molar-refractivity contribution in [1.82, 2.24) is 0 Å². The highest BCUT2D eigenvalue weighted by molar-refractivity contribution is 7.19. The van der Waals surface area contributed by atoms with Gasteiger partial charge in [-0.2, -0.15) is 0 Å². The second-order valence-corrected chi connectivity index (χ2v) is 9.59. The molecule has 1 aromatic heterocycles. The Morgan fingerprint density at radius 2 is 1.66 bits per heavy atom. The summed E-state index contributed by atoms with van der Waals surface area (Å²) in [4.78, 5) is 38.0. The number of halogens is 3. The molecule has 0 saturated carbocycles. The molecule has 2 aromatic carbocycles. The summed E-state index contributed by atoms with van der Waals surface area (Å²) in [5, 5.41) is 7.12. The Balaban J connectivity index is 1.65. The Kier molecular flexibility index (Phi) is 9.40. The van der Waals surface area contributed by atoms with Crippen LogP contribution in [0.1, 0.15) is 38.4 Å². The van der Waals surface area contributed by atoms with Gasteiger partial charge in [0.05, 0.1) is 29.2 Å². The van der Waals surface area contributed by atoms with Crippen LogP contribution in [-0.4, -0.2) is 31.5 Å². The second kappa shape index (κ2) is 12.3. The van der Waals surface area contributed by atoms with Crippen LogP contribution in [0.25, 0.3) is 0 Å². The average molecular weight is 556 g/mol. The fourth-order valence-corrected chi connectivity index (χ4v) is 4.78. The van der Waals surface area contributed by atoms with Crippen molar-refractivity contribution in [2.75, 3.05) is 24.4 Å². The maximum absolute atomic E-state index is 12.8. The Morgan fingerprint density at radius 3 is 2.31 bits per heavy atom. The van der Waals surface area contributed by atoms with Gasteiger partial charge in [0.25, 0.3) is 5.91 Å². The molecule has 184 valence electrons. The molecule has 0 unspecified atom stereocenters. The van der Waals surface area contributed by atoms with Crippen LogP contribution in [0.2, 0.25) is 15.1 Å². The summed E-state index contributed by atoms with van der Waals surface area (Å²) in [5.74, 6) is -0.949. The minimum Gasteiger partial charge on any atom is -0.492 e. The number of thiophene rings is 1. The van der Waals surface area contributed by atoms with E-state index in [0.717, 1.165) is 11.3 Å². The summed E-state index contributed by atoms with van der Waals surface area (Å²) >= 11 is 18.8. The van der Waals surface area contributed by atoms with Crippen molar-refractivity contribution in [3.05, 3.63) is 73.5 Å². The van der Waals surface area contributed by atoms with Crippen molar-refractivity contribution in [3.8, 4) is 5.75 Å². The molecule has 11 heteroatoms. The number of nitrogens with one attached hydrogen (secondary N) is 2. The number of carbonyl (C=O) groups is 3. The van der Waals surface area contributed by atoms with Crippen LogP contribution in [0.3, 0.4) is 0 Å². The molecular weight excluding hydrogens is 535 g/mol. The molecule has 3 aromatic rings. The van der Waals surface area contributed by atoms with Gasteiger partial charge in [-0.25, -0.2) is 4.79 Å². The van der Waals surface area contributed by atoms with E-state index in [4.69, 9.17) is 44.3 Å². The van der Waals surface area contributed by atoms with Crippen molar-refractivity contribution in [3.63, 3.8) is 0 Å². The Hall–Kier alpha value is -2.78. The smallest absolute Gasteiger partial charge is 0.341 e. The molecule has 7 nitrogen and oxygen atoms in total. The molecule has 0 aliphatic heterocycles. The summed E-state index contributed by atoms with van der Waals surface area (Å²) in [6, 6.07) is 11.5. The van der Waals surface area contributed by atoms with Crippen LogP contribution in [0, 0.1) is 6.92 Å². The first-order chi connectivity index (χ1) is 16.7. The lowest BCUT2D eigenvalue weighted by atomic mass is 10.1. The molecule has 0 bridgehead atoms. The molecule has 0 atom stereocenters. The number of hydrogen-bond donors (Lipinski definition) is 2. The summed E-state index contributed by atoms with van der Waals surface area (Å²) in [7, 11) is 1.23. The summed E-state index contributed by atoms with van der Waals surface area (Å²) < 4.78 is 10.4. The van der Waals surface area contributed by atoms with Crippen LogP contribution >= 0.6 is 46.1 Å².